The summed E-state index contributed by atoms with van der Waals surface area (Å²) in [6.45, 7) is 0. The van der Waals surface area contributed by atoms with Gasteiger partial charge in [0.25, 0.3) is 0 Å². The van der Waals surface area contributed by atoms with Gasteiger partial charge in [-0.25, -0.2) is 4.98 Å². The van der Waals surface area contributed by atoms with Crippen molar-refractivity contribution < 1.29 is 0 Å². The van der Waals surface area contributed by atoms with Gasteiger partial charge >= 0.3 is 0 Å². The zero-order valence-electron chi connectivity index (χ0n) is 13.3. The molecule has 3 heteroatoms. The fourth-order valence-electron chi connectivity index (χ4n) is 3.60. The maximum Gasteiger partial charge on any atom is 0.130 e. The van der Waals surface area contributed by atoms with E-state index in [2.05, 4.69) is 46.7 Å². The van der Waals surface area contributed by atoms with Gasteiger partial charge in [0.15, 0.2) is 0 Å². The molecule has 25 heavy (non-hydrogen) atoms. The van der Waals surface area contributed by atoms with E-state index < -0.39 is 0 Å². The van der Waals surface area contributed by atoms with E-state index in [1.54, 1.807) is 6.20 Å². The third-order valence-corrected chi connectivity index (χ3v) is 4.64. The molecule has 0 fully saturated rings. The van der Waals surface area contributed by atoms with Crippen molar-refractivity contribution in [2.45, 2.75) is 0 Å². The molecule has 5 rings (SSSR count). The Hall–Kier alpha value is -3.64. The predicted molar refractivity (Wildman–Crippen MR) is 102 cm³/mol. The van der Waals surface area contributed by atoms with Crippen LogP contribution in [0.25, 0.3) is 32.3 Å². The van der Waals surface area contributed by atoms with Crippen LogP contribution in [0.1, 0.15) is 5.56 Å². The predicted octanol–water partition coefficient (Wildman–Crippen LogP) is 5.59. The van der Waals surface area contributed by atoms with E-state index in [1.165, 1.54) is 10.8 Å². The molecule has 4 aromatic carbocycles. The number of rotatable bonds is 2. The molecular weight excluding hydrogens is 306 g/mol. The Morgan fingerprint density at radius 2 is 1.68 bits per heavy atom. The molecule has 0 atom stereocenters. The van der Waals surface area contributed by atoms with Crippen LogP contribution in [0.3, 0.4) is 0 Å². The highest BCUT2D eigenvalue weighted by atomic mass is 15.0. The number of nitrogens with zero attached hydrogens (tertiary/aromatic N) is 2. The highest BCUT2D eigenvalue weighted by Gasteiger charge is 2.12. The van der Waals surface area contributed by atoms with Crippen LogP contribution in [0.2, 0.25) is 0 Å². The van der Waals surface area contributed by atoms with Crippen molar-refractivity contribution in [2.24, 2.45) is 0 Å². The van der Waals surface area contributed by atoms with E-state index >= 15 is 0 Å². The molecule has 0 saturated heterocycles. The zero-order chi connectivity index (χ0) is 16.8. The van der Waals surface area contributed by atoms with Crippen LogP contribution in [0.5, 0.6) is 0 Å². The molecular formula is C22H13N3. The lowest BCUT2D eigenvalue weighted by molar-refractivity contribution is 1.31. The Morgan fingerprint density at radius 1 is 0.800 bits per heavy atom. The van der Waals surface area contributed by atoms with Crippen LogP contribution in [-0.4, -0.2) is 4.98 Å². The van der Waals surface area contributed by atoms with E-state index in [1.807, 2.05) is 36.4 Å². The van der Waals surface area contributed by atoms with E-state index in [-0.39, 0.29) is 0 Å². The van der Waals surface area contributed by atoms with Crippen molar-refractivity contribution in [1.29, 1.82) is 5.26 Å². The summed E-state index contributed by atoms with van der Waals surface area (Å²) in [7, 11) is 0. The lowest BCUT2D eigenvalue weighted by Gasteiger charge is -2.14. The van der Waals surface area contributed by atoms with E-state index in [9.17, 15) is 5.26 Å². The molecule has 116 valence electrons. The first-order valence-corrected chi connectivity index (χ1v) is 8.13. The quantitative estimate of drug-likeness (QED) is 0.431. The van der Waals surface area contributed by atoms with Crippen molar-refractivity contribution in [1.82, 2.24) is 4.98 Å². The number of aromatic nitrogens is 1. The third kappa shape index (κ3) is 2.09. The minimum Gasteiger partial charge on any atom is -0.340 e. The summed E-state index contributed by atoms with van der Waals surface area (Å²) in [5.74, 6) is 0.802. The average molecular weight is 319 g/mol. The van der Waals surface area contributed by atoms with Crippen molar-refractivity contribution in [3.63, 3.8) is 0 Å². The van der Waals surface area contributed by atoms with Crippen LogP contribution in [0, 0.1) is 11.3 Å². The molecule has 0 aliphatic carbocycles. The third-order valence-electron chi connectivity index (χ3n) is 4.64. The summed E-state index contributed by atoms with van der Waals surface area (Å²) >= 11 is 0. The Morgan fingerprint density at radius 3 is 2.52 bits per heavy atom. The average Bonchev–Trinajstić information content (AvgIpc) is 2.66. The molecule has 0 amide bonds. The molecule has 3 nitrogen and oxygen atoms in total. The summed E-state index contributed by atoms with van der Waals surface area (Å²) in [5, 5.41) is 19.7. The minimum atomic E-state index is 0.709. The lowest BCUT2D eigenvalue weighted by Crippen LogP contribution is -1.94. The van der Waals surface area contributed by atoms with Gasteiger partial charge in [-0.05, 0) is 57.3 Å². The normalized spacial score (nSPS) is 11.2. The Kier molecular flexibility index (Phi) is 2.86. The van der Waals surface area contributed by atoms with Gasteiger partial charge in [-0.3, -0.25) is 0 Å². The number of nitriles is 1. The Balaban J connectivity index is 1.83. The molecule has 0 unspecified atom stereocenters. The summed E-state index contributed by atoms with van der Waals surface area (Å²) in [6, 6.07) is 24.7. The molecule has 0 spiro atoms. The first-order valence-electron chi connectivity index (χ1n) is 8.13. The molecule has 0 aliphatic rings. The van der Waals surface area contributed by atoms with Crippen molar-refractivity contribution in [3.05, 3.63) is 78.5 Å². The first-order chi connectivity index (χ1) is 12.3. The number of pyridine rings is 1. The topological polar surface area (TPSA) is 48.7 Å². The number of hydrogen-bond acceptors (Lipinski definition) is 3. The van der Waals surface area contributed by atoms with Gasteiger partial charge in [-0.1, -0.05) is 36.4 Å². The maximum absolute atomic E-state index is 9.58. The molecule has 0 saturated carbocycles. The smallest absolute Gasteiger partial charge is 0.130 e. The number of benzene rings is 4. The highest BCUT2D eigenvalue weighted by Crippen LogP contribution is 2.38. The van der Waals surface area contributed by atoms with Crippen molar-refractivity contribution >= 4 is 43.8 Å². The van der Waals surface area contributed by atoms with E-state index in [0.29, 0.717) is 5.56 Å². The standard InChI is InChI=1S/C22H13N3/c23-13-17-10-16-12-18(25-20-6-1-2-9-24-20)11-15-8-7-14-4-3-5-19(17)22(14)21(15)16/h1-12H,(H,24,25). The van der Waals surface area contributed by atoms with Crippen LogP contribution in [-0.2, 0) is 0 Å². The summed E-state index contributed by atoms with van der Waals surface area (Å²) < 4.78 is 0. The largest absolute Gasteiger partial charge is 0.340 e. The van der Waals surface area contributed by atoms with Crippen LogP contribution < -0.4 is 5.32 Å². The van der Waals surface area contributed by atoms with Gasteiger partial charge in [0.05, 0.1) is 11.6 Å². The van der Waals surface area contributed by atoms with E-state index in [0.717, 1.165) is 33.1 Å². The monoisotopic (exact) mass is 319 g/mol. The number of nitrogens with one attached hydrogen (secondary N) is 1. The maximum atomic E-state index is 9.58. The lowest BCUT2D eigenvalue weighted by atomic mass is 9.91. The fraction of sp³-hybridized carbons (Fsp3) is 0. The van der Waals surface area contributed by atoms with Crippen LogP contribution in [0.15, 0.2) is 72.9 Å². The summed E-state index contributed by atoms with van der Waals surface area (Å²) in [5.41, 5.74) is 1.68. The first kappa shape index (κ1) is 13.8. The molecule has 5 aromatic rings. The van der Waals surface area contributed by atoms with Gasteiger partial charge in [0, 0.05) is 17.3 Å². The molecule has 1 heterocycles. The molecule has 1 aromatic heterocycles. The summed E-state index contributed by atoms with van der Waals surface area (Å²) in [6.07, 6.45) is 1.76. The molecule has 1 N–H and O–H groups in total. The minimum absolute atomic E-state index is 0.709. The van der Waals surface area contributed by atoms with E-state index in [4.69, 9.17) is 0 Å². The van der Waals surface area contributed by atoms with Gasteiger partial charge in [-0.15, -0.1) is 0 Å². The van der Waals surface area contributed by atoms with Gasteiger partial charge < -0.3 is 5.32 Å². The second-order valence-electron chi connectivity index (χ2n) is 6.14. The van der Waals surface area contributed by atoms with Gasteiger partial charge in [0.2, 0.25) is 0 Å². The van der Waals surface area contributed by atoms with Gasteiger partial charge in [-0.2, -0.15) is 5.26 Å². The van der Waals surface area contributed by atoms with Crippen molar-refractivity contribution in [2.75, 3.05) is 5.32 Å². The highest BCUT2D eigenvalue weighted by molar-refractivity contribution is 6.24. The van der Waals surface area contributed by atoms with Crippen LogP contribution >= 0.6 is 0 Å². The SMILES string of the molecule is N#Cc1cc2cc(Nc3ccccn3)cc3ccc4cccc1c4c32. The number of anilines is 2. The molecule has 0 aliphatic heterocycles. The number of hydrogen-bond donors (Lipinski definition) is 1. The Bertz CT molecular complexity index is 1270. The zero-order valence-corrected chi connectivity index (χ0v) is 13.3. The fourth-order valence-corrected chi connectivity index (χ4v) is 3.60. The molecule has 0 bridgehead atoms. The summed E-state index contributed by atoms with van der Waals surface area (Å²) in [4.78, 5) is 4.32. The Labute approximate surface area is 144 Å². The van der Waals surface area contributed by atoms with Gasteiger partial charge in [0.1, 0.15) is 5.82 Å². The van der Waals surface area contributed by atoms with Crippen LogP contribution in [0.4, 0.5) is 11.5 Å². The molecule has 0 radical (unpaired) electrons. The second kappa shape index (κ2) is 5.19. The second-order valence-corrected chi connectivity index (χ2v) is 6.14. The van der Waals surface area contributed by atoms with Crippen molar-refractivity contribution in [3.8, 4) is 6.07 Å².